The second-order valence-electron chi connectivity index (χ2n) is 7.38. The van der Waals surface area contributed by atoms with E-state index in [0.717, 1.165) is 48.5 Å². The summed E-state index contributed by atoms with van der Waals surface area (Å²) in [6.07, 6.45) is 1.89. The van der Waals surface area contributed by atoms with Gasteiger partial charge < -0.3 is 14.2 Å². The average Bonchev–Trinajstić information content (AvgIpc) is 3.39. The quantitative estimate of drug-likeness (QED) is 0.519. The number of nitrogens with zero attached hydrogens (tertiary/aromatic N) is 6. The first-order valence-corrected chi connectivity index (χ1v) is 11.0. The lowest BCUT2D eigenvalue weighted by atomic mass is 10.1. The molecule has 4 rings (SSSR count). The zero-order valence-corrected chi connectivity index (χ0v) is 17.6. The van der Waals surface area contributed by atoms with Gasteiger partial charge in [-0.25, -0.2) is 0 Å². The molecule has 0 radical (unpaired) electrons. The standard InChI is InChI=1S/C20H26N6O2S/c1-15(2)8-9-17-21-18(28-24-17)14-29-20-23-22-19(25-10-12-27-13-11-25)26(20)16-6-4-3-5-7-16/h3-7,15H,8-14H2,1-2H3. The minimum absolute atomic E-state index is 0.558. The summed E-state index contributed by atoms with van der Waals surface area (Å²) in [6, 6.07) is 10.2. The van der Waals surface area contributed by atoms with Crippen molar-refractivity contribution in [1.29, 1.82) is 0 Å². The molecule has 0 amide bonds. The van der Waals surface area contributed by atoms with Crippen molar-refractivity contribution in [2.75, 3.05) is 31.2 Å². The Balaban J connectivity index is 1.52. The molecule has 1 saturated heterocycles. The minimum Gasteiger partial charge on any atom is -0.378 e. The van der Waals surface area contributed by atoms with E-state index < -0.39 is 0 Å². The third-order valence-corrected chi connectivity index (χ3v) is 5.62. The molecule has 8 nitrogen and oxygen atoms in total. The number of aryl methyl sites for hydroxylation is 1. The minimum atomic E-state index is 0.558. The maximum absolute atomic E-state index is 5.48. The van der Waals surface area contributed by atoms with Crippen molar-refractivity contribution in [3.63, 3.8) is 0 Å². The van der Waals surface area contributed by atoms with Gasteiger partial charge in [-0.2, -0.15) is 4.98 Å². The van der Waals surface area contributed by atoms with Gasteiger partial charge >= 0.3 is 0 Å². The first kappa shape index (κ1) is 19.9. The van der Waals surface area contributed by atoms with Gasteiger partial charge in [0.25, 0.3) is 0 Å². The smallest absolute Gasteiger partial charge is 0.237 e. The van der Waals surface area contributed by atoms with E-state index in [2.05, 4.69) is 55.8 Å². The van der Waals surface area contributed by atoms with Gasteiger partial charge in [-0.1, -0.05) is 49.0 Å². The lowest BCUT2D eigenvalue weighted by Gasteiger charge is -2.27. The van der Waals surface area contributed by atoms with E-state index in [0.29, 0.717) is 30.8 Å². The lowest BCUT2D eigenvalue weighted by molar-refractivity contribution is 0.122. The van der Waals surface area contributed by atoms with Gasteiger partial charge in [0.1, 0.15) is 0 Å². The van der Waals surface area contributed by atoms with Crippen LogP contribution in [0.5, 0.6) is 0 Å². The van der Waals surface area contributed by atoms with Crippen LogP contribution < -0.4 is 4.90 Å². The van der Waals surface area contributed by atoms with Gasteiger partial charge in [-0.15, -0.1) is 10.2 Å². The van der Waals surface area contributed by atoms with E-state index >= 15 is 0 Å². The molecule has 0 N–H and O–H groups in total. The molecule has 1 aliphatic heterocycles. The average molecular weight is 415 g/mol. The Morgan fingerprint density at radius 3 is 2.66 bits per heavy atom. The number of aromatic nitrogens is 5. The number of benzene rings is 1. The molecule has 0 unspecified atom stereocenters. The highest BCUT2D eigenvalue weighted by Gasteiger charge is 2.22. The van der Waals surface area contributed by atoms with Crippen LogP contribution in [-0.4, -0.2) is 51.2 Å². The molecule has 0 saturated carbocycles. The number of hydrogen-bond acceptors (Lipinski definition) is 8. The van der Waals surface area contributed by atoms with E-state index in [-0.39, 0.29) is 0 Å². The first-order chi connectivity index (χ1) is 14.2. The van der Waals surface area contributed by atoms with Crippen molar-refractivity contribution < 1.29 is 9.26 Å². The zero-order chi connectivity index (χ0) is 20.1. The van der Waals surface area contributed by atoms with Gasteiger partial charge in [0, 0.05) is 19.5 Å². The van der Waals surface area contributed by atoms with E-state index in [1.54, 1.807) is 11.8 Å². The molecule has 0 aliphatic carbocycles. The van der Waals surface area contributed by atoms with Crippen LogP contribution in [0.1, 0.15) is 32.0 Å². The Hall–Kier alpha value is -2.39. The highest BCUT2D eigenvalue weighted by Crippen LogP contribution is 2.29. The molecule has 1 aromatic carbocycles. The molecule has 154 valence electrons. The fourth-order valence-electron chi connectivity index (χ4n) is 3.12. The molecule has 3 aromatic rings. The van der Waals surface area contributed by atoms with Crippen molar-refractivity contribution in [1.82, 2.24) is 24.9 Å². The van der Waals surface area contributed by atoms with E-state index in [1.165, 1.54) is 0 Å². The molecule has 0 atom stereocenters. The largest absolute Gasteiger partial charge is 0.378 e. The molecule has 2 aromatic heterocycles. The van der Waals surface area contributed by atoms with Crippen molar-refractivity contribution in [2.24, 2.45) is 5.92 Å². The van der Waals surface area contributed by atoms with E-state index in [1.807, 2.05) is 18.2 Å². The van der Waals surface area contributed by atoms with Crippen molar-refractivity contribution >= 4 is 17.7 Å². The third-order valence-electron chi connectivity index (χ3n) is 4.70. The van der Waals surface area contributed by atoms with Gasteiger partial charge in [-0.3, -0.25) is 4.57 Å². The number of anilines is 1. The number of hydrogen-bond donors (Lipinski definition) is 0. The van der Waals surface area contributed by atoms with Crippen molar-refractivity contribution in [3.8, 4) is 5.69 Å². The van der Waals surface area contributed by atoms with Crippen LogP contribution in [0.3, 0.4) is 0 Å². The van der Waals surface area contributed by atoms with Crippen molar-refractivity contribution in [2.45, 2.75) is 37.6 Å². The van der Waals surface area contributed by atoms with Crippen LogP contribution >= 0.6 is 11.8 Å². The summed E-state index contributed by atoms with van der Waals surface area (Å²) in [7, 11) is 0. The highest BCUT2D eigenvalue weighted by atomic mass is 32.2. The maximum Gasteiger partial charge on any atom is 0.237 e. The van der Waals surface area contributed by atoms with Crippen LogP contribution in [0.4, 0.5) is 5.95 Å². The molecule has 1 aliphatic rings. The summed E-state index contributed by atoms with van der Waals surface area (Å²) in [5.41, 5.74) is 1.03. The predicted octanol–water partition coefficient (Wildman–Crippen LogP) is 3.37. The second kappa shape index (κ2) is 9.41. The Morgan fingerprint density at radius 2 is 1.90 bits per heavy atom. The summed E-state index contributed by atoms with van der Waals surface area (Å²) >= 11 is 1.55. The molecule has 9 heteroatoms. The fourth-order valence-corrected chi connectivity index (χ4v) is 3.91. The summed E-state index contributed by atoms with van der Waals surface area (Å²) < 4.78 is 13.0. The molecular formula is C20H26N6O2S. The summed E-state index contributed by atoms with van der Waals surface area (Å²) in [5, 5.41) is 13.8. The zero-order valence-electron chi connectivity index (χ0n) is 16.8. The Labute approximate surface area is 174 Å². The van der Waals surface area contributed by atoms with Crippen molar-refractivity contribution in [3.05, 3.63) is 42.0 Å². The first-order valence-electron chi connectivity index (χ1n) is 9.98. The molecule has 0 bridgehead atoms. The molecule has 1 fully saturated rings. The van der Waals surface area contributed by atoms with Crippen LogP contribution in [0.2, 0.25) is 0 Å². The van der Waals surface area contributed by atoms with Gasteiger partial charge in [-0.05, 0) is 24.5 Å². The summed E-state index contributed by atoms with van der Waals surface area (Å²) in [4.78, 5) is 6.73. The monoisotopic (exact) mass is 414 g/mol. The molecule has 0 spiro atoms. The van der Waals surface area contributed by atoms with Gasteiger partial charge in [0.15, 0.2) is 11.0 Å². The van der Waals surface area contributed by atoms with Gasteiger partial charge in [0.05, 0.1) is 24.7 Å². The van der Waals surface area contributed by atoms with Crippen LogP contribution in [-0.2, 0) is 16.9 Å². The Kier molecular flexibility index (Phi) is 6.46. The number of thioether (sulfide) groups is 1. The van der Waals surface area contributed by atoms with Gasteiger partial charge in [0.2, 0.25) is 11.8 Å². The number of rotatable bonds is 8. The molecule has 3 heterocycles. The SMILES string of the molecule is CC(C)CCc1noc(CSc2nnc(N3CCOCC3)n2-c2ccccc2)n1. The molecule has 29 heavy (non-hydrogen) atoms. The lowest BCUT2D eigenvalue weighted by Crippen LogP contribution is -2.37. The van der Waals surface area contributed by atoms with E-state index in [4.69, 9.17) is 9.26 Å². The highest BCUT2D eigenvalue weighted by molar-refractivity contribution is 7.98. The maximum atomic E-state index is 5.48. The van der Waals surface area contributed by atoms with Crippen LogP contribution in [0.15, 0.2) is 40.0 Å². The predicted molar refractivity (Wildman–Crippen MR) is 111 cm³/mol. The summed E-state index contributed by atoms with van der Waals surface area (Å²) in [5.74, 6) is 3.40. The number of para-hydroxylation sites is 1. The number of ether oxygens (including phenoxy) is 1. The fraction of sp³-hybridized carbons (Fsp3) is 0.500. The Morgan fingerprint density at radius 1 is 1.10 bits per heavy atom. The topological polar surface area (TPSA) is 82.1 Å². The van der Waals surface area contributed by atoms with E-state index in [9.17, 15) is 0 Å². The summed E-state index contributed by atoms with van der Waals surface area (Å²) in [6.45, 7) is 7.39. The Bertz CT molecular complexity index is 905. The van der Waals surface area contributed by atoms with Crippen LogP contribution in [0, 0.1) is 5.92 Å². The normalized spacial score (nSPS) is 14.7. The second-order valence-corrected chi connectivity index (χ2v) is 8.32. The third kappa shape index (κ3) is 4.97. The molecular weight excluding hydrogens is 388 g/mol. The number of morpholine rings is 1. The van der Waals surface area contributed by atoms with Crippen LogP contribution in [0.25, 0.3) is 5.69 Å².